The number of thiophene rings is 1. The second kappa shape index (κ2) is 7.63. The van der Waals surface area contributed by atoms with Crippen LogP contribution in [0.15, 0.2) is 54.6 Å². The van der Waals surface area contributed by atoms with E-state index in [1.165, 1.54) is 62.4 Å². The van der Waals surface area contributed by atoms with Gasteiger partial charge in [-0.25, -0.2) is 0 Å². The summed E-state index contributed by atoms with van der Waals surface area (Å²) in [6.45, 7) is 4.48. The van der Waals surface area contributed by atoms with Gasteiger partial charge in [-0.2, -0.15) is 0 Å². The Bertz CT molecular complexity index is 925. The van der Waals surface area contributed by atoms with E-state index in [2.05, 4.69) is 74.5 Å². The quantitative estimate of drug-likeness (QED) is 0.430. The Hall–Kier alpha value is -2.12. The summed E-state index contributed by atoms with van der Waals surface area (Å²) in [6.07, 6.45) is 8.31. The van der Waals surface area contributed by atoms with Crippen molar-refractivity contribution in [1.29, 1.82) is 0 Å². The monoisotopic (exact) mass is 358 g/mol. The van der Waals surface area contributed by atoms with Crippen LogP contribution >= 0.6 is 11.3 Å². The third-order valence-corrected chi connectivity index (χ3v) is 6.61. The SMILES string of the molecule is CCCCc1ccc(-c2cccc3c2C=C(c2ccc(CC)s2)C3)cc1. The van der Waals surface area contributed by atoms with E-state index < -0.39 is 0 Å². The minimum atomic E-state index is 1.06. The van der Waals surface area contributed by atoms with Crippen LogP contribution in [0.3, 0.4) is 0 Å². The molecule has 26 heavy (non-hydrogen) atoms. The van der Waals surface area contributed by atoms with Crippen LogP contribution in [-0.2, 0) is 19.3 Å². The first-order valence-corrected chi connectivity index (χ1v) is 10.6. The molecule has 0 saturated carbocycles. The zero-order valence-electron chi connectivity index (χ0n) is 15.7. The van der Waals surface area contributed by atoms with Crippen molar-refractivity contribution in [2.45, 2.75) is 46.0 Å². The molecule has 2 aromatic carbocycles. The molecule has 1 aliphatic carbocycles. The summed E-state index contributed by atoms with van der Waals surface area (Å²) in [5.74, 6) is 0. The van der Waals surface area contributed by atoms with Gasteiger partial charge in [0.05, 0.1) is 0 Å². The number of rotatable bonds is 6. The summed E-state index contributed by atoms with van der Waals surface area (Å²) in [5.41, 5.74) is 8.49. The number of aryl methyl sites for hydroxylation is 2. The fourth-order valence-corrected chi connectivity index (χ4v) is 4.71. The Morgan fingerprint density at radius 1 is 0.923 bits per heavy atom. The first-order valence-electron chi connectivity index (χ1n) is 9.79. The third-order valence-electron chi connectivity index (χ3n) is 5.31. The molecule has 0 bridgehead atoms. The molecule has 0 saturated heterocycles. The minimum absolute atomic E-state index is 1.06. The third kappa shape index (κ3) is 3.41. The van der Waals surface area contributed by atoms with E-state index in [0.717, 1.165) is 12.8 Å². The predicted octanol–water partition coefficient (Wildman–Crippen LogP) is 7.42. The van der Waals surface area contributed by atoms with Gasteiger partial charge in [0, 0.05) is 9.75 Å². The standard InChI is InChI=1S/C25H26S/c1-3-5-7-18-10-12-19(13-11-18)23-9-6-8-20-16-21(17-24(20)23)25-15-14-22(4-2)26-25/h6,8-15,17H,3-5,7,16H2,1-2H3. The lowest BCUT2D eigenvalue weighted by molar-refractivity contribution is 0.795. The van der Waals surface area contributed by atoms with Crippen molar-refractivity contribution in [2.24, 2.45) is 0 Å². The Morgan fingerprint density at radius 3 is 2.50 bits per heavy atom. The molecule has 1 heteroatoms. The Balaban J connectivity index is 1.65. The molecule has 0 spiro atoms. The van der Waals surface area contributed by atoms with Crippen LogP contribution in [0, 0.1) is 0 Å². The summed E-state index contributed by atoms with van der Waals surface area (Å²) < 4.78 is 0. The van der Waals surface area contributed by atoms with Crippen molar-refractivity contribution < 1.29 is 0 Å². The molecule has 1 aliphatic rings. The molecule has 0 fully saturated rings. The number of allylic oxidation sites excluding steroid dienone is 1. The van der Waals surface area contributed by atoms with E-state index in [1.54, 1.807) is 0 Å². The van der Waals surface area contributed by atoms with Crippen LogP contribution in [0.1, 0.15) is 53.1 Å². The molecule has 0 unspecified atom stereocenters. The van der Waals surface area contributed by atoms with E-state index >= 15 is 0 Å². The van der Waals surface area contributed by atoms with Crippen LogP contribution in [0.2, 0.25) is 0 Å². The maximum Gasteiger partial charge on any atom is 0.0308 e. The number of hydrogen-bond donors (Lipinski definition) is 0. The predicted molar refractivity (Wildman–Crippen MR) is 116 cm³/mol. The molecular weight excluding hydrogens is 332 g/mol. The van der Waals surface area contributed by atoms with E-state index in [0.29, 0.717) is 0 Å². The fraction of sp³-hybridized carbons (Fsp3) is 0.280. The van der Waals surface area contributed by atoms with Gasteiger partial charge < -0.3 is 0 Å². The van der Waals surface area contributed by atoms with Crippen LogP contribution in [0.4, 0.5) is 0 Å². The van der Waals surface area contributed by atoms with E-state index in [9.17, 15) is 0 Å². The highest BCUT2D eigenvalue weighted by Crippen LogP contribution is 2.39. The highest BCUT2D eigenvalue weighted by atomic mass is 32.1. The van der Waals surface area contributed by atoms with E-state index in [-0.39, 0.29) is 0 Å². The number of fused-ring (bicyclic) bond motifs is 1. The molecule has 1 heterocycles. The van der Waals surface area contributed by atoms with Crippen molar-refractivity contribution in [2.75, 3.05) is 0 Å². The topological polar surface area (TPSA) is 0 Å². The average molecular weight is 359 g/mol. The summed E-state index contributed by atoms with van der Waals surface area (Å²) in [6, 6.07) is 20.5. The molecule has 0 radical (unpaired) electrons. The highest BCUT2D eigenvalue weighted by Gasteiger charge is 2.18. The zero-order valence-corrected chi connectivity index (χ0v) is 16.5. The maximum absolute atomic E-state index is 2.42. The van der Waals surface area contributed by atoms with Crippen molar-refractivity contribution >= 4 is 23.0 Å². The van der Waals surface area contributed by atoms with Gasteiger partial charge in [0.15, 0.2) is 0 Å². The van der Waals surface area contributed by atoms with Gasteiger partial charge in [0.1, 0.15) is 0 Å². The summed E-state index contributed by atoms with van der Waals surface area (Å²) in [7, 11) is 0. The zero-order chi connectivity index (χ0) is 17.9. The number of unbranched alkanes of at least 4 members (excludes halogenated alkanes) is 1. The lowest BCUT2D eigenvalue weighted by Crippen LogP contribution is -1.89. The normalized spacial score (nSPS) is 12.9. The van der Waals surface area contributed by atoms with Crippen molar-refractivity contribution in [3.8, 4) is 11.1 Å². The number of hydrogen-bond acceptors (Lipinski definition) is 1. The summed E-state index contributed by atoms with van der Waals surface area (Å²) in [4.78, 5) is 2.90. The van der Waals surface area contributed by atoms with Gasteiger partial charge >= 0.3 is 0 Å². The van der Waals surface area contributed by atoms with Gasteiger partial charge in [0.2, 0.25) is 0 Å². The molecule has 1 aromatic heterocycles. The van der Waals surface area contributed by atoms with Gasteiger partial charge in [-0.05, 0) is 77.3 Å². The molecule has 3 aromatic rings. The van der Waals surface area contributed by atoms with Gasteiger partial charge in [-0.1, -0.05) is 62.7 Å². The average Bonchev–Trinajstić information content (AvgIpc) is 3.33. The molecule has 132 valence electrons. The first-order chi connectivity index (χ1) is 12.8. The first kappa shape index (κ1) is 17.3. The van der Waals surface area contributed by atoms with Crippen molar-refractivity contribution in [3.63, 3.8) is 0 Å². The number of benzene rings is 2. The summed E-state index contributed by atoms with van der Waals surface area (Å²) in [5, 5.41) is 0. The van der Waals surface area contributed by atoms with Gasteiger partial charge in [-0.3, -0.25) is 0 Å². The van der Waals surface area contributed by atoms with Gasteiger partial charge in [-0.15, -0.1) is 11.3 Å². The highest BCUT2D eigenvalue weighted by molar-refractivity contribution is 7.13. The second-order valence-electron chi connectivity index (χ2n) is 7.14. The Morgan fingerprint density at radius 2 is 1.77 bits per heavy atom. The molecule has 0 aliphatic heterocycles. The lowest BCUT2D eigenvalue weighted by atomic mass is 9.96. The Kier molecular flexibility index (Phi) is 5.08. The smallest absolute Gasteiger partial charge is 0.0308 e. The summed E-state index contributed by atoms with van der Waals surface area (Å²) >= 11 is 1.94. The molecule has 0 amide bonds. The Labute approximate surface area is 161 Å². The van der Waals surface area contributed by atoms with Crippen LogP contribution in [0.25, 0.3) is 22.8 Å². The lowest BCUT2D eigenvalue weighted by Gasteiger charge is -2.09. The van der Waals surface area contributed by atoms with Crippen LogP contribution in [0.5, 0.6) is 0 Å². The molecular formula is C25H26S. The fourth-order valence-electron chi connectivity index (χ4n) is 3.75. The molecule has 0 N–H and O–H groups in total. The maximum atomic E-state index is 2.42. The largest absolute Gasteiger partial charge is 0.141 e. The second-order valence-corrected chi connectivity index (χ2v) is 8.31. The van der Waals surface area contributed by atoms with E-state index in [4.69, 9.17) is 0 Å². The van der Waals surface area contributed by atoms with Crippen molar-refractivity contribution in [3.05, 3.63) is 81.0 Å². The van der Waals surface area contributed by atoms with E-state index in [1.807, 2.05) is 11.3 Å². The van der Waals surface area contributed by atoms with Gasteiger partial charge in [0.25, 0.3) is 0 Å². The molecule has 4 rings (SSSR count). The van der Waals surface area contributed by atoms with Crippen molar-refractivity contribution in [1.82, 2.24) is 0 Å². The molecule has 0 atom stereocenters. The molecule has 0 nitrogen and oxygen atoms in total. The van der Waals surface area contributed by atoms with Crippen LogP contribution in [-0.4, -0.2) is 0 Å². The minimum Gasteiger partial charge on any atom is -0.141 e. The van der Waals surface area contributed by atoms with Crippen LogP contribution < -0.4 is 0 Å².